The van der Waals surface area contributed by atoms with Gasteiger partial charge in [0, 0.05) is 30.7 Å². The average molecular weight is 723 g/mol. The molecule has 0 saturated heterocycles. The molecule has 0 amide bonds. The Kier molecular flexibility index (Phi) is 6.83. The largest absolute Gasteiger partial charge is 0.434 e. The molecule has 0 N–H and O–H groups in total. The summed E-state index contributed by atoms with van der Waals surface area (Å²) in [5.41, 5.74) is 10.6. The fraction of sp³-hybridized carbons (Fsp3) is 0. The Bertz CT molecular complexity index is 2490. The van der Waals surface area contributed by atoms with Crippen LogP contribution in [0.2, 0.25) is 0 Å². The maximum atomic E-state index is 7.07. The van der Waals surface area contributed by atoms with Crippen molar-refractivity contribution in [3.8, 4) is 22.0 Å². The fourth-order valence-corrected chi connectivity index (χ4v) is 10.4. The first kappa shape index (κ1) is 29.9. The number of hydrogen-bond donors (Lipinski definition) is 0. The lowest BCUT2D eigenvalue weighted by Gasteiger charge is -2.35. The van der Waals surface area contributed by atoms with Gasteiger partial charge in [0.2, 0.25) is 5.89 Å². The van der Waals surface area contributed by atoms with Crippen molar-refractivity contribution in [2.24, 2.45) is 0 Å². The van der Waals surface area contributed by atoms with E-state index in [1.54, 1.807) is 34.9 Å². The standard InChI is InChI=1S/C44H26N4OS3/c1-3-15-27(16-4-1)43-45-37-40(48-31-21-9-13-25-35(31)51-36-26-14-10-22-32(36)48)42-38(46-44(52-42)28-17-5-2-6-18-28)39(41(37)49-43)47-29-19-7-11-23-33(29)50-34-24-12-8-20-30(34)47/h1-26H. The minimum absolute atomic E-state index is 0.569. The summed E-state index contributed by atoms with van der Waals surface area (Å²) < 4.78 is 8.11. The van der Waals surface area contributed by atoms with Gasteiger partial charge in [0.25, 0.3) is 0 Å². The van der Waals surface area contributed by atoms with Gasteiger partial charge in [-0.05, 0) is 60.7 Å². The maximum absolute atomic E-state index is 7.07. The van der Waals surface area contributed by atoms with Crippen molar-refractivity contribution >= 4 is 90.3 Å². The molecule has 9 aromatic rings. The number of hydrogen-bond acceptors (Lipinski definition) is 8. The van der Waals surface area contributed by atoms with Gasteiger partial charge >= 0.3 is 0 Å². The molecule has 0 saturated carbocycles. The highest BCUT2D eigenvalue weighted by atomic mass is 32.2. The van der Waals surface area contributed by atoms with E-state index in [0.29, 0.717) is 11.5 Å². The Labute approximate surface area is 312 Å². The number of benzene rings is 7. The van der Waals surface area contributed by atoms with Crippen molar-refractivity contribution in [3.63, 3.8) is 0 Å². The molecule has 5 nitrogen and oxygen atoms in total. The number of fused-ring (bicyclic) bond motifs is 6. The molecule has 0 spiro atoms. The predicted molar refractivity (Wildman–Crippen MR) is 216 cm³/mol. The van der Waals surface area contributed by atoms with E-state index < -0.39 is 0 Å². The number of oxazole rings is 1. The molecule has 0 bridgehead atoms. The average Bonchev–Trinajstić information content (AvgIpc) is 3.85. The second-order valence-corrected chi connectivity index (χ2v) is 15.7. The quantitative estimate of drug-likeness (QED) is 0.179. The monoisotopic (exact) mass is 722 g/mol. The van der Waals surface area contributed by atoms with Gasteiger partial charge in [0.1, 0.15) is 21.7 Å². The molecular weight excluding hydrogens is 697 g/mol. The molecule has 7 aromatic carbocycles. The van der Waals surface area contributed by atoms with Gasteiger partial charge in [-0.3, -0.25) is 0 Å². The minimum Gasteiger partial charge on any atom is -0.434 e. The Morgan fingerprint density at radius 2 is 0.865 bits per heavy atom. The molecule has 2 aliphatic rings. The van der Waals surface area contributed by atoms with E-state index in [-0.39, 0.29) is 0 Å². The van der Waals surface area contributed by atoms with Gasteiger partial charge in [-0.1, -0.05) is 121 Å². The first-order valence-corrected chi connectivity index (χ1v) is 19.4. The van der Waals surface area contributed by atoms with Crippen LogP contribution in [0.15, 0.2) is 182 Å². The lowest BCUT2D eigenvalue weighted by atomic mass is 10.1. The number of anilines is 6. The van der Waals surface area contributed by atoms with Gasteiger partial charge in [-0.25, -0.2) is 9.97 Å². The van der Waals surface area contributed by atoms with Crippen LogP contribution in [-0.2, 0) is 0 Å². The van der Waals surface area contributed by atoms with Crippen molar-refractivity contribution in [2.75, 3.05) is 9.80 Å². The van der Waals surface area contributed by atoms with E-state index in [1.807, 2.05) is 18.2 Å². The lowest BCUT2D eigenvalue weighted by molar-refractivity contribution is 0.620. The van der Waals surface area contributed by atoms with Crippen LogP contribution in [0.4, 0.5) is 34.1 Å². The zero-order valence-corrected chi connectivity index (χ0v) is 29.9. The third-order valence-electron chi connectivity index (χ3n) is 9.49. The van der Waals surface area contributed by atoms with E-state index in [2.05, 4.69) is 149 Å². The lowest BCUT2D eigenvalue weighted by Crippen LogP contribution is -2.18. The van der Waals surface area contributed by atoms with Gasteiger partial charge in [0.15, 0.2) is 5.58 Å². The number of rotatable bonds is 4. The molecule has 0 aliphatic carbocycles. The smallest absolute Gasteiger partial charge is 0.227 e. The molecular formula is C44H26N4OS3. The van der Waals surface area contributed by atoms with Crippen LogP contribution in [0.25, 0.3) is 43.3 Å². The maximum Gasteiger partial charge on any atom is 0.227 e. The molecule has 4 heterocycles. The molecule has 11 rings (SSSR count). The zero-order valence-electron chi connectivity index (χ0n) is 27.4. The molecule has 52 heavy (non-hydrogen) atoms. The number of aromatic nitrogens is 2. The molecule has 0 radical (unpaired) electrons. The van der Waals surface area contributed by atoms with Gasteiger partial charge in [0.05, 0.1) is 33.1 Å². The summed E-state index contributed by atoms with van der Waals surface area (Å²) in [5.74, 6) is 0.569. The zero-order chi connectivity index (χ0) is 34.2. The molecule has 0 atom stereocenters. The van der Waals surface area contributed by atoms with Crippen LogP contribution in [0.1, 0.15) is 0 Å². The van der Waals surface area contributed by atoms with Crippen LogP contribution in [-0.4, -0.2) is 9.97 Å². The van der Waals surface area contributed by atoms with E-state index in [4.69, 9.17) is 14.4 Å². The van der Waals surface area contributed by atoms with E-state index in [9.17, 15) is 0 Å². The normalized spacial score (nSPS) is 13.2. The van der Waals surface area contributed by atoms with Crippen molar-refractivity contribution in [3.05, 3.63) is 158 Å². The number of thiazole rings is 1. The summed E-state index contributed by atoms with van der Waals surface area (Å²) in [6, 6.07) is 55.1. The van der Waals surface area contributed by atoms with Crippen molar-refractivity contribution in [1.29, 1.82) is 0 Å². The van der Waals surface area contributed by atoms with Gasteiger partial charge < -0.3 is 14.2 Å². The van der Waals surface area contributed by atoms with Gasteiger partial charge in [-0.15, -0.1) is 11.3 Å². The minimum atomic E-state index is 0.569. The number of nitrogens with zero attached hydrogens (tertiary/aromatic N) is 4. The highest BCUT2D eigenvalue weighted by Crippen LogP contribution is 2.60. The molecule has 246 valence electrons. The summed E-state index contributed by atoms with van der Waals surface area (Å²) >= 11 is 5.30. The SMILES string of the molecule is c1ccc(-c2nc3c(N4c5ccccc5Sc5ccccc54)c4sc(-c5ccccc5)nc4c(N4c5ccccc5Sc5ccccc54)c3o2)cc1. The third kappa shape index (κ3) is 4.58. The van der Waals surface area contributed by atoms with Crippen molar-refractivity contribution in [1.82, 2.24) is 9.97 Å². The van der Waals surface area contributed by atoms with Crippen LogP contribution in [0.5, 0.6) is 0 Å². The molecule has 8 heteroatoms. The predicted octanol–water partition coefficient (Wildman–Crippen LogP) is 13.6. The van der Waals surface area contributed by atoms with E-state index in [1.165, 1.54) is 19.6 Å². The third-order valence-corrected chi connectivity index (χ3v) is 12.9. The Hall–Kier alpha value is -5.80. The fourth-order valence-electron chi connectivity index (χ4n) is 7.21. The second kappa shape index (κ2) is 11.9. The molecule has 2 aromatic heterocycles. The summed E-state index contributed by atoms with van der Waals surface area (Å²) in [6.07, 6.45) is 0. The Morgan fingerprint density at radius 3 is 1.38 bits per heavy atom. The first-order valence-electron chi connectivity index (χ1n) is 17.0. The van der Waals surface area contributed by atoms with E-state index >= 15 is 0 Å². The first-order chi connectivity index (χ1) is 25.8. The molecule has 0 unspecified atom stereocenters. The van der Waals surface area contributed by atoms with Gasteiger partial charge in [-0.2, -0.15) is 0 Å². The second-order valence-electron chi connectivity index (χ2n) is 12.6. The Balaban J connectivity index is 1.32. The topological polar surface area (TPSA) is 45.4 Å². The van der Waals surface area contributed by atoms with Crippen LogP contribution in [0.3, 0.4) is 0 Å². The van der Waals surface area contributed by atoms with Crippen LogP contribution in [0, 0.1) is 0 Å². The van der Waals surface area contributed by atoms with Crippen LogP contribution >= 0.6 is 34.9 Å². The molecule has 2 aliphatic heterocycles. The summed E-state index contributed by atoms with van der Waals surface area (Å²) in [6.45, 7) is 0. The summed E-state index contributed by atoms with van der Waals surface area (Å²) in [7, 11) is 0. The number of para-hydroxylation sites is 4. The van der Waals surface area contributed by atoms with E-state index in [0.717, 1.165) is 66.0 Å². The van der Waals surface area contributed by atoms with Crippen molar-refractivity contribution < 1.29 is 4.42 Å². The highest BCUT2D eigenvalue weighted by molar-refractivity contribution is 8.00. The highest BCUT2D eigenvalue weighted by Gasteiger charge is 2.36. The summed E-state index contributed by atoms with van der Waals surface area (Å²) in [5, 5.41) is 0.940. The van der Waals surface area contributed by atoms with Crippen LogP contribution < -0.4 is 9.80 Å². The molecule has 0 fully saturated rings. The summed E-state index contributed by atoms with van der Waals surface area (Å²) in [4.78, 5) is 20.4. The van der Waals surface area contributed by atoms with Crippen molar-refractivity contribution in [2.45, 2.75) is 19.6 Å². The Morgan fingerprint density at radius 1 is 0.423 bits per heavy atom.